The Morgan fingerprint density at radius 2 is 2.00 bits per heavy atom. The van der Waals surface area contributed by atoms with Gasteiger partial charge in [-0.05, 0) is 41.6 Å². The second kappa shape index (κ2) is 3.21. The van der Waals surface area contributed by atoms with Gasteiger partial charge in [0.25, 0.3) is 0 Å². The summed E-state index contributed by atoms with van der Waals surface area (Å²) in [7, 11) is 2.04. The summed E-state index contributed by atoms with van der Waals surface area (Å²) < 4.78 is 3.08. The SMILES string of the molecule is Cn1nc(Br)c2c1CCCCC2. The van der Waals surface area contributed by atoms with Crippen LogP contribution in [0.1, 0.15) is 30.5 Å². The Bertz CT molecular complexity index is 264. The maximum atomic E-state index is 4.37. The number of aryl methyl sites for hydroxylation is 1. The highest BCUT2D eigenvalue weighted by molar-refractivity contribution is 9.10. The predicted molar refractivity (Wildman–Crippen MR) is 52.2 cm³/mol. The molecule has 1 aliphatic carbocycles. The molecule has 0 saturated carbocycles. The lowest BCUT2D eigenvalue weighted by atomic mass is 10.1. The number of halogens is 1. The smallest absolute Gasteiger partial charge is 0.131 e. The van der Waals surface area contributed by atoms with E-state index in [-0.39, 0.29) is 0 Å². The molecule has 3 heteroatoms. The van der Waals surface area contributed by atoms with Gasteiger partial charge in [-0.3, -0.25) is 4.68 Å². The molecule has 0 amide bonds. The third-order valence-corrected chi connectivity index (χ3v) is 3.20. The van der Waals surface area contributed by atoms with Gasteiger partial charge in [0.05, 0.1) is 0 Å². The Morgan fingerprint density at radius 1 is 1.25 bits per heavy atom. The number of aromatic nitrogens is 2. The zero-order valence-electron chi connectivity index (χ0n) is 7.31. The first-order valence-electron chi connectivity index (χ1n) is 4.49. The Hall–Kier alpha value is -0.310. The van der Waals surface area contributed by atoms with Crippen LogP contribution in [0, 0.1) is 0 Å². The molecule has 0 spiro atoms. The molecule has 0 saturated heterocycles. The van der Waals surface area contributed by atoms with Gasteiger partial charge in [0.15, 0.2) is 0 Å². The average molecular weight is 229 g/mol. The highest BCUT2D eigenvalue weighted by Crippen LogP contribution is 2.26. The van der Waals surface area contributed by atoms with Crippen LogP contribution in [0.3, 0.4) is 0 Å². The summed E-state index contributed by atoms with van der Waals surface area (Å²) in [4.78, 5) is 0. The van der Waals surface area contributed by atoms with Crippen LogP contribution in [0.4, 0.5) is 0 Å². The van der Waals surface area contributed by atoms with E-state index in [4.69, 9.17) is 0 Å². The summed E-state index contributed by atoms with van der Waals surface area (Å²) in [6, 6.07) is 0. The van der Waals surface area contributed by atoms with E-state index in [9.17, 15) is 0 Å². The summed E-state index contributed by atoms with van der Waals surface area (Å²) in [5.41, 5.74) is 2.87. The molecular formula is C9H13BrN2. The highest BCUT2D eigenvalue weighted by atomic mass is 79.9. The second-order valence-electron chi connectivity index (χ2n) is 3.40. The third-order valence-electron chi connectivity index (χ3n) is 2.57. The second-order valence-corrected chi connectivity index (χ2v) is 4.15. The van der Waals surface area contributed by atoms with Crippen LogP contribution >= 0.6 is 15.9 Å². The van der Waals surface area contributed by atoms with Gasteiger partial charge in [-0.15, -0.1) is 0 Å². The standard InChI is InChI=1S/C9H13BrN2/c1-12-8-6-4-2-3-5-7(8)9(10)11-12/h2-6H2,1H3. The van der Waals surface area contributed by atoms with Gasteiger partial charge in [-0.25, -0.2) is 0 Å². The van der Waals surface area contributed by atoms with Crippen molar-refractivity contribution in [3.63, 3.8) is 0 Å². The van der Waals surface area contributed by atoms with Crippen LogP contribution in [0.2, 0.25) is 0 Å². The fourth-order valence-electron chi connectivity index (χ4n) is 1.90. The van der Waals surface area contributed by atoms with Crippen LogP contribution in [0.25, 0.3) is 0 Å². The molecule has 66 valence electrons. The van der Waals surface area contributed by atoms with Crippen LogP contribution in [0.15, 0.2) is 4.60 Å². The minimum atomic E-state index is 1.06. The molecule has 0 N–H and O–H groups in total. The van der Waals surface area contributed by atoms with Gasteiger partial charge in [0.1, 0.15) is 4.60 Å². The molecule has 0 bridgehead atoms. The maximum Gasteiger partial charge on any atom is 0.131 e. The Labute approximate surface area is 81.1 Å². The molecule has 0 aliphatic heterocycles. The molecule has 0 fully saturated rings. The van der Waals surface area contributed by atoms with E-state index >= 15 is 0 Å². The first kappa shape index (κ1) is 8.30. The zero-order valence-corrected chi connectivity index (χ0v) is 8.89. The van der Waals surface area contributed by atoms with Gasteiger partial charge in [-0.2, -0.15) is 5.10 Å². The monoisotopic (exact) mass is 228 g/mol. The normalized spacial score (nSPS) is 17.2. The predicted octanol–water partition coefficient (Wildman–Crippen LogP) is 2.45. The Kier molecular flexibility index (Phi) is 2.22. The molecular weight excluding hydrogens is 216 g/mol. The van der Waals surface area contributed by atoms with Crippen molar-refractivity contribution in [3.8, 4) is 0 Å². The van der Waals surface area contributed by atoms with Gasteiger partial charge in [-0.1, -0.05) is 6.42 Å². The van der Waals surface area contributed by atoms with E-state index in [0.29, 0.717) is 0 Å². The average Bonchev–Trinajstić information content (AvgIpc) is 2.29. The molecule has 1 aromatic rings. The summed E-state index contributed by atoms with van der Waals surface area (Å²) in [6.45, 7) is 0. The largest absolute Gasteiger partial charge is 0.271 e. The minimum Gasteiger partial charge on any atom is -0.271 e. The molecule has 1 heterocycles. The summed E-state index contributed by atoms with van der Waals surface area (Å²) in [6.07, 6.45) is 6.39. The van der Waals surface area contributed by atoms with E-state index in [1.807, 2.05) is 11.7 Å². The topological polar surface area (TPSA) is 17.8 Å². The number of nitrogens with zero attached hydrogens (tertiary/aromatic N) is 2. The lowest BCUT2D eigenvalue weighted by Crippen LogP contribution is -1.98. The number of rotatable bonds is 0. The lowest BCUT2D eigenvalue weighted by molar-refractivity contribution is 0.659. The first-order chi connectivity index (χ1) is 5.79. The fraction of sp³-hybridized carbons (Fsp3) is 0.667. The van der Waals surface area contributed by atoms with Gasteiger partial charge < -0.3 is 0 Å². The Balaban J connectivity index is 2.44. The zero-order chi connectivity index (χ0) is 8.55. The van der Waals surface area contributed by atoms with Crippen molar-refractivity contribution in [1.29, 1.82) is 0 Å². The number of hydrogen-bond donors (Lipinski definition) is 0. The molecule has 2 rings (SSSR count). The van der Waals surface area contributed by atoms with E-state index in [1.54, 1.807) is 0 Å². The van der Waals surface area contributed by atoms with Gasteiger partial charge >= 0.3 is 0 Å². The van der Waals surface area contributed by atoms with Crippen molar-refractivity contribution in [3.05, 3.63) is 15.9 Å². The molecule has 2 nitrogen and oxygen atoms in total. The molecule has 0 aromatic carbocycles. The minimum absolute atomic E-state index is 1.06. The van der Waals surface area contributed by atoms with Gasteiger partial charge in [0, 0.05) is 18.3 Å². The maximum absolute atomic E-state index is 4.37. The fourth-order valence-corrected chi connectivity index (χ4v) is 2.56. The number of fused-ring (bicyclic) bond motifs is 1. The van der Waals surface area contributed by atoms with Crippen molar-refractivity contribution in [2.45, 2.75) is 32.1 Å². The summed E-state index contributed by atoms with van der Waals surface area (Å²) >= 11 is 3.51. The first-order valence-corrected chi connectivity index (χ1v) is 5.28. The van der Waals surface area contributed by atoms with E-state index in [2.05, 4.69) is 21.0 Å². The van der Waals surface area contributed by atoms with Crippen LogP contribution in [-0.2, 0) is 19.9 Å². The van der Waals surface area contributed by atoms with Gasteiger partial charge in [0.2, 0.25) is 0 Å². The van der Waals surface area contributed by atoms with Crippen LogP contribution in [0.5, 0.6) is 0 Å². The third kappa shape index (κ3) is 1.30. The van der Waals surface area contributed by atoms with Crippen molar-refractivity contribution in [1.82, 2.24) is 9.78 Å². The van der Waals surface area contributed by atoms with Crippen LogP contribution in [-0.4, -0.2) is 9.78 Å². The highest BCUT2D eigenvalue weighted by Gasteiger charge is 2.15. The van der Waals surface area contributed by atoms with Crippen LogP contribution < -0.4 is 0 Å². The van der Waals surface area contributed by atoms with Crippen molar-refractivity contribution < 1.29 is 0 Å². The molecule has 0 unspecified atom stereocenters. The van der Waals surface area contributed by atoms with Crippen molar-refractivity contribution in [2.24, 2.45) is 7.05 Å². The molecule has 1 aromatic heterocycles. The summed E-state index contributed by atoms with van der Waals surface area (Å²) in [5.74, 6) is 0. The lowest BCUT2D eigenvalue weighted by Gasteiger charge is -1.99. The van der Waals surface area contributed by atoms with E-state index in [1.165, 1.54) is 43.4 Å². The number of hydrogen-bond acceptors (Lipinski definition) is 1. The Morgan fingerprint density at radius 3 is 2.83 bits per heavy atom. The van der Waals surface area contributed by atoms with Crippen molar-refractivity contribution >= 4 is 15.9 Å². The molecule has 1 aliphatic rings. The van der Waals surface area contributed by atoms with E-state index in [0.717, 1.165) is 4.60 Å². The van der Waals surface area contributed by atoms with E-state index < -0.39 is 0 Å². The quantitative estimate of drug-likeness (QED) is 0.625. The molecule has 0 atom stereocenters. The van der Waals surface area contributed by atoms with Crippen molar-refractivity contribution in [2.75, 3.05) is 0 Å². The molecule has 12 heavy (non-hydrogen) atoms. The molecule has 0 radical (unpaired) electrons. The summed E-state index contributed by atoms with van der Waals surface area (Å²) in [5, 5.41) is 4.37.